The van der Waals surface area contributed by atoms with Crippen LogP contribution >= 0.6 is 0 Å². The quantitative estimate of drug-likeness (QED) is 0.518. The minimum atomic E-state index is 0.725. The normalized spacial score (nSPS) is 16.2. The van der Waals surface area contributed by atoms with Gasteiger partial charge in [-0.25, -0.2) is 0 Å². The molecule has 1 aliphatic rings. The van der Waals surface area contributed by atoms with Crippen molar-refractivity contribution in [3.8, 4) is 17.2 Å². The number of hydrogen-bond acceptors (Lipinski definition) is 1. The topological polar surface area (TPSA) is 23.8 Å². The van der Waals surface area contributed by atoms with E-state index in [1.165, 1.54) is 74.5 Å². The molecule has 0 aliphatic heterocycles. The summed E-state index contributed by atoms with van der Waals surface area (Å²) in [6, 6.07) is 17.1. The molecule has 1 heteroatoms. The van der Waals surface area contributed by atoms with Crippen LogP contribution in [-0.4, -0.2) is 0 Å². The van der Waals surface area contributed by atoms with Gasteiger partial charge in [-0.15, -0.1) is 0 Å². The van der Waals surface area contributed by atoms with Crippen molar-refractivity contribution in [3.05, 3.63) is 59.2 Å². The zero-order valence-corrected chi connectivity index (χ0v) is 15.4. The highest BCUT2D eigenvalue weighted by Gasteiger charge is 2.18. The number of hydrogen-bond donors (Lipinski definition) is 0. The van der Waals surface area contributed by atoms with E-state index in [1.54, 1.807) is 5.56 Å². The molecule has 2 aromatic carbocycles. The molecule has 0 radical (unpaired) electrons. The Hall–Kier alpha value is -2.07. The van der Waals surface area contributed by atoms with Gasteiger partial charge in [0.1, 0.15) is 0 Å². The van der Waals surface area contributed by atoms with Gasteiger partial charge in [0.2, 0.25) is 0 Å². The summed E-state index contributed by atoms with van der Waals surface area (Å²) in [5.41, 5.74) is 6.30. The fourth-order valence-electron chi connectivity index (χ4n) is 4.03. The second-order valence-electron chi connectivity index (χ2n) is 7.48. The lowest BCUT2D eigenvalue weighted by Gasteiger charge is -2.25. The van der Waals surface area contributed by atoms with E-state index in [1.807, 2.05) is 12.1 Å². The van der Waals surface area contributed by atoms with Gasteiger partial charge in [0.25, 0.3) is 0 Å². The van der Waals surface area contributed by atoms with E-state index in [2.05, 4.69) is 43.3 Å². The van der Waals surface area contributed by atoms with Gasteiger partial charge in [0.15, 0.2) is 0 Å². The summed E-state index contributed by atoms with van der Waals surface area (Å²) in [7, 11) is 0. The lowest BCUT2D eigenvalue weighted by atomic mass is 9.80. The zero-order valence-electron chi connectivity index (χ0n) is 15.4. The van der Waals surface area contributed by atoms with Crippen molar-refractivity contribution in [2.45, 2.75) is 64.7 Å². The monoisotopic (exact) mass is 331 g/mol. The second-order valence-corrected chi connectivity index (χ2v) is 7.48. The molecule has 1 aliphatic carbocycles. The Labute approximate surface area is 152 Å². The minimum Gasteiger partial charge on any atom is -0.192 e. The van der Waals surface area contributed by atoms with Crippen LogP contribution < -0.4 is 0 Å². The Morgan fingerprint density at radius 1 is 0.920 bits per heavy atom. The summed E-state index contributed by atoms with van der Waals surface area (Å²) >= 11 is 0. The molecule has 3 rings (SSSR count). The highest BCUT2D eigenvalue weighted by atomic mass is 14.2. The second kappa shape index (κ2) is 8.86. The maximum Gasteiger partial charge on any atom is 0.0991 e. The molecule has 1 atom stereocenters. The molecule has 0 heterocycles. The van der Waals surface area contributed by atoms with Crippen molar-refractivity contribution in [2.75, 3.05) is 0 Å². The number of benzene rings is 2. The average molecular weight is 332 g/mol. The molecule has 0 amide bonds. The van der Waals surface area contributed by atoms with Crippen LogP contribution in [0.1, 0.15) is 68.6 Å². The molecule has 0 bridgehead atoms. The van der Waals surface area contributed by atoms with Crippen LogP contribution in [0.5, 0.6) is 0 Å². The van der Waals surface area contributed by atoms with Gasteiger partial charge in [-0.05, 0) is 59.6 Å². The van der Waals surface area contributed by atoms with Crippen LogP contribution in [0.15, 0.2) is 42.5 Å². The Morgan fingerprint density at radius 2 is 1.68 bits per heavy atom. The molecular weight excluding hydrogens is 302 g/mol. The van der Waals surface area contributed by atoms with Crippen molar-refractivity contribution in [1.82, 2.24) is 0 Å². The number of nitriles is 1. The van der Waals surface area contributed by atoms with Gasteiger partial charge in [0.05, 0.1) is 11.6 Å². The lowest BCUT2D eigenvalue weighted by molar-refractivity contribution is 0.405. The van der Waals surface area contributed by atoms with Gasteiger partial charge in [0, 0.05) is 0 Å². The molecule has 0 aromatic heterocycles. The molecule has 1 unspecified atom stereocenters. The minimum absolute atomic E-state index is 0.725. The van der Waals surface area contributed by atoms with Crippen LogP contribution in [0.25, 0.3) is 11.1 Å². The SMILES string of the molecule is CCCCCCCC1CCc2cc(-c3ccc(C#N)cc3)ccc2C1. The van der Waals surface area contributed by atoms with Crippen molar-refractivity contribution in [1.29, 1.82) is 5.26 Å². The average Bonchev–Trinajstić information content (AvgIpc) is 2.67. The van der Waals surface area contributed by atoms with E-state index < -0.39 is 0 Å². The van der Waals surface area contributed by atoms with E-state index >= 15 is 0 Å². The number of fused-ring (bicyclic) bond motifs is 1. The number of nitrogens with zero attached hydrogens (tertiary/aromatic N) is 1. The van der Waals surface area contributed by atoms with Gasteiger partial charge >= 0.3 is 0 Å². The summed E-state index contributed by atoms with van der Waals surface area (Å²) in [5.74, 6) is 0.884. The third-order valence-electron chi connectivity index (χ3n) is 5.60. The van der Waals surface area contributed by atoms with Crippen molar-refractivity contribution in [2.24, 2.45) is 5.92 Å². The molecule has 25 heavy (non-hydrogen) atoms. The molecule has 1 nitrogen and oxygen atoms in total. The first-order valence-corrected chi connectivity index (χ1v) is 9.92. The number of aryl methyl sites for hydroxylation is 1. The van der Waals surface area contributed by atoms with Gasteiger partial charge < -0.3 is 0 Å². The van der Waals surface area contributed by atoms with Crippen LogP contribution in [0, 0.1) is 17.2 Å². The number of rotatable bonds is 7. The van der Waals surface area contributed by atoms with Crippen LogP contribution in [-0.2, 0) is 12.8 Å². The van der Waals surface area contributed by atoms with Crippen molar-refractivity contribution >= 4 is 0 Å². The maximum atomic E-state index is 8.94. The first-order valence-electron chi connectivity index (χ1n) is 9.92. The maximum absolute atomic E-state index is 8.94. The van der Waals surface area contributed by atoms with Crippen molar-refractivity contribution in [3.63, 3.8) is 0 Å². The summed E-state index contributed by atoms with van der Waals surface area (Å²) in [6.07, 6.45) is 12.2. The van der Waals surface area contributed by atoms with E-state index in [0.29, 0.717) is 0 Å². The molecule has 0 spiro atoms. The summed E-state index contributed by atoms with van der Waals surface area (Å²) < 4.78 is 0. The predicted octanol–water partition coefficient (Wildman–Crippen LogP) is 6.69. The first kappa shape index (κ1) is 17.7. The predicted molar refractivity (Wildman–Crippen MR) is 105 cm³/mol. The largest absolute Gasteiger partial charge is 0.192 e. The third-order valence-corrected chi connectivity index (χ3v) is 5.60. The van der Waals surface area contributed by atoms with E-state index in [0.717, 1.165) is 11.5 Å². The summed E-state index contributed by atoms with van der Waals surface area (Å²) in [6.45, 7) is 2.28. The fraction of sp³-hybridized carbons (Fsp3) is 0.458. The molecular formula is C24H29N. The molecule has 0 fully saturated rings. The van der Waals surface area contributed by atoms with Crippen LogP contribution in [0.4, 0.5) is 0 Å². The van der Waals surface area contributed by atoms with Crippen molar-refractivity contribution < 1.29 is 0 Å². The Bertz CT molecular complexity index is 721. The van der Waals surface area contributed by atoms with E-state index in [9.17, 15) is 0 Å². The third kappa shape index (κ3) is 4.73. The van der Waals surface area contributed by atoms with Gasteiger partial charge in [-0.3, -0.25) is 0 Å². The lowest BCUT2D eigenvalue weighted by Crippen LogP contribution is -2.14. The van der Waals surface area contributed by atoms with Gasteiger partial charge in [-0.2, -0.15) is 5.26 Å². The molecule has 0 saturated carbocycles. The number of unbranched alkanes of at least 4 members (excludes halogenated alkanes) is 4. The van der Waals surface area contributed by atoms with Crippen LogP contribution in [0.2, 0.25) is 0 Å². The fourth-order valence-corrected chi connectivity index (χ4v) is 4.03. The zero-order chi connectivity index (χ0) is 17.5. The Balaban J connectivity index is 1.60. The molecule has 0 N–H and O–H groups in total. The Morgan fingerprint density at radius 3 is 2.44 bits per heavy atom. The highest BCUT2D eigenvalue weighted by Crippen LogP contribution is 2.32. The standard InChI is InChI=1S/C24H29N/c1-2-3-4-5-6-7-19-8-13-24-17-23(15-14-22(24)16-19)21-11-9-20(18-25)10-12-21/h9-12,14-15,17,19H,2-8,13,16H2,1H3. The molecule has 130 valence electrons. The molecule has 0 saturated heterocycles. The smallest absolute Gasteiger partial charge is 0.0991 e. The van der Waals surface area contributed by atoms with E-state index in [4.69, 9.17) is 5.26 Å². The van der Waals surface area contributed by atoms with Crippen LogP contribution in [0.3, 0.4) is 0 Å². The van der Waals surface area contributed by atoms with E-state index in [-0.39, 0.29) is 0 Å². The summed E-state index contributed by atoms with van der Waals surface area (Å²) in [5, 5.41) is 8.94. The first-order chi connectivity index (χ1) is 12.3. The highest BCUT2D eigenvalue weighted by molar-refractivity contribution is 5.66. The Kier molecular flexibility index (Phi) is 6.29. The summed E-state index contributed by atoms with van der Waals surface area (Å²) in [4.78, 5) is 0. The van der Waals surface area contributed by atoms with Gasteiger partial charge in [-0.1, -0.05) is 75.8 Å². The molecule has 2 aromatic rings.